The normalized spacial score (nSPS) is 25.5. The Morgan fingerprint density at radius 3 is 2.70 bits per heavy atom. The fourth-order valence-electron chi connectivity index (χ4n) is 3.19. The third kappa shape index (κ3) is 3.95. The highest BCUT2D eigenvalue weighted by Gasteiger charge is 2.27. The second kappa shape index (κ2) is 7.07. The number of nitrogens with one attached hydrogen (secondary N) is 2. The molecule has 0 spiro atoms. The largest absolute Gasteiger partial charge is 0.353 e. The van der Waals surface area contributed by atoms with Gasteiger partial charge >= 0.3 is 0 Å². The van der Waals surface area contributed by atoms with Crippen molar-refractivity contribution in [3.63, 3.8) is 0 Å². The minimum Gasteiger partial charge on any atom is -0.353 e. The van der Waals surface area contributed by atoms with Crippen LogP contribution in [0.15, 0.2) is 0 Å². The Labute approximate surface area is 121 Å². The van der Waals surface area contributed by atoms with E-state index in [1.807, 2.05) is 11.8 Å². The molecule has 5 heteroatoms. The Balaban J connectivity index is 1.76. The smallest absolute Gasteiger partial charge is 0.224 e. The van der Waals surface area contributed by atoms with Gasteiger partial charge in [0.25, 0.3) is 0 Å². The molecule has 2 atom stereocenters. The van der Waals surface area contributed by atoms with Crippen molar-refractivity contribution in [1.29, 1.82) is 0 Å². The fraction of sp³-hybridized carbons (Fsp3) is 0.867. The number of carbonyl (C=O) groups excluding carboxylic acids is 2. The molecule has 5 nitrogen and oxygen atoms in total. The Morgan fingerprint density at radius 2 is 2.05 bits per heavy atom. The van der Waals surface area contributed by atoms with Gasteiger partial charge in [0, 0.05) is 44.1 Å². The van der Waals surface area contributed by atoms with Crippen LogP contribution in [-0.4, -0.2) is 48.4 Å². The monoisotopic (exact) mass is 281 g/mol. The average Bonchev–Trinajstić information content (AvgIpc) is 2.92. The average molecular weight is 281 g/mol. The van der Waals surface area contributed by atoms with Crippen molar-refractivity contribution < 1.29 is 9.59 Å². The summed E-state index contributed by atoms with van der Waals surface area (Å²) in [6.07, 6.45) is 4.72. The lowest BCUT2D eigenvalue weighted by molar-refractivity contribution is -0.134. The van der Waals surface area contributed by atoms with Crippen molar-refractivity contribution in [2.75, 3.05) is 19.6 Å². The minimum atomic E-state index is -0.0716. The van der Waals surface area contributed by atoms with Crippen LogP contribution in [-0.2, 0) is 9.59 Å². The van der Waals surface area contributed by atoms with Crippen molar-refractivity contribution in [1.82, 2.24) is 15.5 Å². The third-order valence-electron chi connectivity index (χ3n) is 4.42. The van der Waals surface area contributed by atoms with E-state index in [9.17, 15) is 9.59 Å². The van der Waals surface area contributed by atoms with Crippen LogP contribution < -0.4 is 10.6 Å². The van der Waals surface area contributed by atoms with E-state index in [-0.39, 0.29) is 29.8 Å². The lowest BCUT2D eigenvalue weighted by Gasteiger charge is -2.34. The van der Waals surface area contributed by atoms with E-state index in [4.69, 9.17) is 0 Å². The highest BCUT2D eigenvalue weighted by atomic mass is 16.2. The topological polar surface area (TPSA) is 61.4 Å². The molecule has 2 amide bonds. The molecule has 1 unspecified atom stereocenters. The second-order valence-corrected chi connectivity index (χ2v) is 6.24. The summed E-state index contributed by atoms with van der Waals surface area (Å²) >= 11 is 0. The first-order valence-corrected chi connectivity index (χ1v) is 7.88. The summed E-state index contributed by atoms with van der Waals surface area (Å²) in [5, 5.41) is 6.28. The first-order valence-electron chi connectivity index (χ1n) is 7.88. The fourth-order valence-corrected chi connectivity index (χ4v) is 3.19. The molecule has 1 heterocycles. The zero-order valence-electron chi connectivity index (χ0n) is 12.7. The van der Waals surface area contributed by atoms with Crippen LogP contribution in [0.5, 0.6) is 0 Å². The molecule has 0 aromatic heterocycles. The molecule has 2 N–H and O–H groups in total. The van der Waals surface area contributed by atoms with Gasteiger partial charge in [-0.1, -0.05) is 12.8 Å². The van der Waals surface area contributed by atoms with E-state index < -0.39 is 0 Å². The maximum atomic E-state index is 12.3. The number of rotatable bonds is 4. The molecule has 2 fully saturated rings. The Morgan fingerprint density at radius 1 is 1.35 bits per heavy atom. The lowest BCUT2D eigenvalue weighted by Crippen LogP contribution is -2.53. The molecule has 2 aliphatic rings. The van der Waals surface area contributed by atoms with E-state index in [2.05, 4.69) is 17.6 Å². The van der Waals surface area contributed by atoms with Gasteiger partial charge in [-0.05, 0) is 26.7 Å². The van der Waals surface area contributed by atoms with Crippen LogP contribution in [0.1, 0.15) is 46.0 Å². The van der Waals surface area contributed by atoms with Gasteiger partial charge in [0.05, 0.1) is 0 Å². The van der Waals surface area contributed by atoms with Crippen LogP contribution in [0.2, 0.25) is 0 Å². The summed E-state index contributed by atoms with van der Waals surface area (Å²) in [6, 6.07) is 0.173. The molecule has 0 aromatic carbocycles. The molecule has 0 bridgehead atoms. The van der Waals surface area contributed by atoms with Gasteiger partial charge in [-0.2, -0.15) is 0 Å². The highest BCUT2D eigenvalue weighted by molar-refractivity contribution is 5.81. The molecular formula is C15H27N3O2. The SMILES string of the molecule is CC(CC(=O)N1CCNC[C@H]1C)NC(=O)C1CCCC1. The minimum absolute atomic E-state index is 0.0716. The maximum absolute atomic E-state index is 12.3. The first-order chi connectivity index (χ1) is 9.58. The lowest BCUT2D eigenvalue weighted by atomic mass is 10.1. The van der Waals surface area contributed by atoms with E-state index in [0.717, 1.165) is 45.3 Å². The van der Waals surface area contributed by atoms with Crippen molar-refractivity contribution in [2.45, 2.75) is 58.0 Å². The second-order valence-electron chi connectivity index (χ2n) is 6.24. The number of hydrogen-bond acceptors (Lipinski definition) is 3. The molecular weight excluding hydrogens is 254 g/mol. The Bertz CT molecular complexity index is 353. The number of nitrogens with zero attached hydrogens (tertiary/aromatic N) is 1. The molecule has 20 heavy (non-hydrogen) atoms. The van der Waals surface area contributed by atoms with Crippen LogP contribution in [0.3, 0.4) is 0 Å². The Hall–Kier alpha value is -1.10. The van der Waals surface area contributed by atoms with Crippen LogP contribution >= 0.6 is 0 Å². The molecule has 1 saturated heterocycles. The van der Waals surface area contributed by atoms with E-state index in [1.165, 1.54) is 0 Å². The number of carbonyl (C=O) groups is 2. The van der Waals surface area contributed by atoms with Gasteiger partial charge < -0.3 is 15.5 Å². The predicted octanol–water partition coefficient (Wildman–Crippen LogP) is 0.892. The molecule has 1 aliphatic carbocycles. The van der Waals surface area contributed by atoms with Crippen LogP contribution in [0.25, 0.3) is 0 Å². The van der Waals surface area contributed by atoms with Crippen LogP contribution in [0, 0.1) is 5.92 Å². The van der Waals surface area contributed by atoms with Crippen molar-refractivity contribution in [3.05, 3.63) is 0 Å². The van der Waals surface area contributed by atoms with Gasteiger partial charge in [-0.25, -0.2) is 0 Å². The summed E-state index contributed by atoms with van der Waals surface area (Å²) in [6.45, 7) is 6.47. The van der Waals surface area contributed by atoms with Gasteiger partial charge in [-0.3, -0.25) is 9.59 Å². The van der Waals surface area contributed by atoms with Crippen molar-refractivity contribution in [3.8, 4) is 0 Å². The van der Waals surface area contributed by atoms with Gasteiger partial charge in [0.15, 0.2) is 0 Å². The third-order valence-corrected chi connectivity index (χ3v) is 4.42. The van der Waals surface area contributed by atoms with Gasteiger partial charge in [0.2, 0.25) is 11.8 Å². The molecule has 0 aromatic rings. The van der Waals surface area contributed by atoms with Crippen LogP contribution in [0.4, 0.5) is 0 Å². The Kier molecular flexibility index (Phi) is 5.40. The first kappa shape index (κ1) is 15.3. The quantitative estimate of drug-likeness (QED) is 0.804. The number of hydrogen-bond donors (Lipinski definition) is 2. The number of piperazine rings is 1. The zero-order chi connectivity index (χ0) is 14.5. The van der Waals surface area contributed by atoms with E-state index in [0.29, 0.717) is 6.42 Å². The van der Waals surface area contributed by atoms with E-state index >= 15 is 0 Å². The highest BCUT2D eigenvalue weighted by Crippen LogP contribution is 2.24. The standard InChI is InChI=1S/C15H27N3O2/c1-11(17-15(20)13-5-3-4-6-13)9-14(19)18-8-7-16-10-12(18)2/h11-13,16H,3-10H2,1-2H3,(H,17,20)/t11?,12-/m1/s1. The summed E-state index contributed by atoms with van der Waals surface area (Å²) in [7, 11) is 0. The van der Waals surface area contributed by atoms with Crippen molar-refractivity contribution >= 4 is 11.8 Å². The predicted molar refractivity (Wildman–Crippen MR) is 78.2 cm³/mol. The van der Waals surface area contributed by atoms with Gasteiger partial charge in [-0.15, -0.1) is 0 Å². The molecule has 1 aliphatic heterocycles. The molecule has 0 radical (unpaired) electrons. The summed E-state index contributed by atoms with van der Waals surface area (Å²) in [5.74, 6) is 0.458. The van der Waals surface area contributed by atoms with Gasteiger partial charge in [0.1, 0.15) is 0 Å². The summed E-state index contributed by atoms with van der Waals surface area (Å²) < 4.78 is 0. The molecule has 114 valence electrons. The zero-order valence-corrected chi connectivity index (χ0v) is 12.7. The summed E-state index contributed by atoms with van der Waals surface area (Å²) in [5.41, 5.74) is 0. The maximum Gasteiger partial charge on any atom is 0.224 e. The van der Waals surface area contributed by atoms with E-state index in [1.54, 1.807) is 0 Å². The number of amides is 2. The molecule has 2 rings (SSSR count). The summed E-state index contributed by atoms with van der Waals surface area (Å²) in [4.78, 5) is 26.2. The molecule has 1 saturated carbocycles. The van der Waals surface area contributed by atoms with Crippen molar-refractivity contribution in [2.24, 2.45) is 5.92 Å².